The fourth-order valence-corrected chi connectivity index (χ4v) is 1.72. The predicted octanol–water partition coefficient (Wildman–Crippen LogP) is 1.03. The first kappa shape index (κ1) is 12.7. The Morgan fingerprint density at radius 3 is 2.75 bits per heavy atom. The molecule has 0 saturated carbocycles. The second-order valence-corrected chi connectivity index (χ2v) is 4.06. The molecular weight excluding hydrogens is 230 g/mol. The maximum absolute atomic E-state index is 10.9. The van der Waals surface area contributed by atoms with Gasteiger partial charge in [0.05, 0.1) is 12.8 Å². The Hall–Kier alpha value is -1.40. The van der Waals surface area contributed by atoms with Crippen LogP contribution >= 0.6 is 0 Å². The monoisotopic (exact) mass is 242 g/mol. The summed E-state index contributed by atoms with van der Waals surface area (Å²) in [7, 11) is 1.48. The van der Waals surface area contributed by atoms with Crippen LogP contribution in [0.4, 0.5) is 5.69 Å². The lowest BCUT2D eigenvalue weighted by molar-refractivity contribution is -0.114. The highest BCUT2D eigenvalue weighted by Crippen LogP contribution is 2.25. The Balaban J connectivity index is 3.00. The molecule has 6 heteroatoms. The summed E-state index contributed by atoms with van der Waals surface area (Å²) in [6, 6.07) is 4.84. The molecule has 0 aromatic heterocycles. The maximum Gasteiger partial charge on any atom is 0.221 e. The third-order valence-electron chi connectivity index (χ3n) is 1.86. The van der Waals surface area contributed by atoms with Gasteiger partial charge in [-0.2, -0.15) is 0 Å². The van der Waals surface area contributed by atoms with Crippen molar-refractivity contribution < 1.29 is 18.3 Å². The summed E-state index contributed by atoms with van der Waals surface area (Å²) in [6.45, 7) is 1.37. The first-order valence-electron chi connectivity index (χ1n) is 4.53. The Morgan fingerprint density at radius 2 is 2.25 bits per heavy atom. The van der Waals surface area contributed by atoms with E-state index in [0.717, 1.165) is 0 Å². The molecular formula is C10H12NO4S-. The molecule has 16 heavy (non-hydrogen) atoms. The van der Waals surface area contributed by atoms with Crippen LogP contribution in [-0.2, 0) is 21.6 Å². The average Bonchev–Trinajstić information content (AvgIpc) is 2.16. The highest BCUT2D eigenvalue weighted by molar-refractivity contribution is 7.78. The van der Waals surface area contributed by atoms with Gasteiger partial charge in [-0.3, -0.25) is 9.00 Å². The SMILES string of the molecule is COc1ccc(CS(=O)[O-])cc1NC(C)=O. The normalized spacial score (nSPS) is 11.9. The smallest absolute Gasteiger partial charge is 0.221 e. The lowest BCUT2D eigenvalue weighted by atomic mass is 10.2. The maximum atomic E-state index is 10.9. The van der Waals surface area contributed by atoms with Crippen LogP contribution in [0.5, 0.6) is 5.75 Å². The van der Waals surface area contributed by atoms with Gasteiger partial charge >= 0.3 is 0 Å². The lowest BCUT2D eigenvalue weighted by Gasteiger charge is -2.11. The van der Waals surface area contributed by atoms with Crippen LogP contribution in [0.3, 0.4) is 0 Å². The number of rotatable bonds is 4. The summed E-state index contributed by atoms with van der Waals surface area (Å²) >= 11 is -2.15. The zero-order valence-corrected chi connectivity index (χ0v) is 9.80. The number of nitrogens with one attached hydrogen (secondary N) is 1. The summed E-state index contributed by atoms with van der Waals surface area (Å²) in [5.41, 5.74) is 1.07. The molecule has 1 unspecified atom stereocenters. The van der Waals surface area contributed by atoms with Gasteiger partial charge in [0.2, 0.25) is 5.91 Å². The molecule has 0 radical (unpaired) electrons. The molecule has 1 amide bonds. The molecule has 1 aromatic rings. The third-order valence-corrected chi connectivity index (χ3v) is 2.43. The Bertz CT molecular complexity index is 419. The van der Waals surface area contributed by atoms with E-state index in [9.17, 15) is 13.6 Å². The summed E-state index contributed by atoms with van der Waals surface area (Å²) in [5, 5.41) is 2.57. The molecule has 0 heterocycles. The third kappa shape index (κ3) is 3.63. The van der Waals surface area contributed by atoms with Crippen molar-refractivity contribution in [3.05, 3.63) is 23.8 Å². The van der Waals surface area contributed by atoms with Crippen molar-refractivity contribution in [3.8, 4) is 5.75 Å². The van der Waals surface area contributed by atoms with Crippen LogP contribution in [0, 0.1) is 0 Å². The summed E-state index contributed by atoms with van der Waals surface area (Å²) in [6.07, 6.45) is 0. The van der Waals surface area contributed by atoms with E-state index in [-0.39, 0.29) is 11.7 Å². The Labute approximate surface area is 96.1 Å². The molecule has 0 bridgehead atoms. The van der Waals surface area contributed by atoms with Crippen molar-refractivity contribution in [2.45, 2.75) is 12.7 Å². The lowest BCUT2D eigenvalue weighted by Crippen LogP contribution is -2.08. The first-order chi connectivity index (χ1) is 7.52. The highest BCUT2D eigenvalue weighted by Gasteiger charge is 2.05. The quantitative estimate of drug-likeness (QED) is 0.800. The Morgan fingerprint density at radius 1 is 1.56 bits per heavy atom. The van der Waals surface area contributed by atoms with Crippen molar-refractivity contribution in [3.63, 3.8) is 0 Å². The molecule has 0 aliphatic carbocycles. The number of hydrogen-bond donors (Lipinski definition) is 1. The number of ether oxygens (including phenoxy) is 1. The van der Waals surface area contributed by atoms with Crippen molar-refractivity contribution in [1.82, 2.24) is 0 Å². The van der Waals surface area contributed by atoms with Crippen LogP contribution in [0.25, 0.3) is 0 Å². The van der Waals surface area contributed by atoms with Gasteiger partial charge in [0.25, 0.3) is 0 Å². The molecule has 5 nitrogen and oxygen atoms in total. The largest absolute Gasteiger partial charge is 0.772 e. The molecule has 0 spiro atoms. The van der Waals surface area contributed by atoms with Crippen molar-refractivity contribution in [2.75, 3.05) is 12.4 Å². The molecule has 88 valence electrons. The fraction of sp³-hybridized carbons (Fsp3) is 0.300. The fourth-order valence-electron chi connectivity index (χ4n) is 1.27. The van der Waals surface area contributed by atoms with Crippen LogP contribution in [0.1, 0.15) is 12.5 Å². The standard InChI is InChI=1S/C10H13NO4S/c1-7(12)11-9-5-8(6-16(13)14)3-4-10(9)15-2/h3-5H,6H2,1-2H3,(H,11,12)(H,13,14)/p-1. The number of carbonyl (C=O) groups excluding carboxylic acids is 1. The molecule has 1 rings (SSSR count). The topological polar surface area (TPSA) is 78.5 Å². The second-order valence-electron chi connectivity index (χ2n) is 3.16. The van der Waals surface area contributed by atoms with Gasteiger partial charge in [-0.15, -0.1) is 0 Å². The average molecular weight is 242 g/mol. The van der Waals surface area contributed by atoms with E-state index in [2.05, 4.69) is 5.32 Å². The van der Waals surface area contributed by atoms with E-state index in [4.69, 9.17) is 4.74 Å². The summed E-state index contributed by atoms with van der Waals surface area (Å²) in [5.74, 6) is 0.172. The number of anilines is 1. The highest BCUT2D eigenvalue weighted by atomic mass is 32.2. The second kappa shape index (κ2) is 5.62. The summed E-state index contributed by atoms with van der Waals surface area (Å²) in [4.78, 5) is 10.9. The molecule has 0 saturated heterocycles. The van der Waals surface area contributed by atoms with E-state index in [0.29, 0.717) is 17.0 Å². The first-order valence-corrected chi connectivity index (χ1v) is 5.77. The van der Waals surface area contributed by atoms with Gasteiger partial charge in [0.1, 0.15) is 5.75 Å². The van der Waals surface area contributed by atoms with E-state index < -0.39 is 11.1 Å². The molecule has 1 N–H and O–H groups in total. The molecule has 0 fully saturated rings. The summed E-state index contributed by atoms with van der Waals surface area (Å²) < 4.78 is 26.1. The van der Waals surface area contributed by atoms with E-state index >= 15 is 0 Å². The number of benzene rings is 1. The molecule has 0 aliphatic heterocycles. The molecule has 1 atom stereocenters. The van der Waals surface area contributed by atoms with Gasteiger partial charge in [-0.25, -0.2) is 0 Å². The minimum absolute atomic E-state index is 0.0867. The van der Waals surface area contributed by atoms with Gasteiger partial charge < -0.3 is 14.6 Å². The minimum Gasteiger partial charge on any atom is -0.772 e. The van der Waals surface area contributed by atoms with Gasteiger partial charge in [0.15, 0.2) is 0 Å². The van der Waals surface area contributed by atoms with Crippen LogP contribution < -0.4 is 10.1 Å². The molecule has 0 aliphatic rings. The van der Waals surface area contributed by atoms with Crippen molar-refractivity contribution in [1.29, 1.82) is 0 Å². The van der Waals surface area contributed by atoms with E-state index in [1.54, 1.807) is 18.2 Å². The Kier molecular flexibility index (Phi) is 4.45. The van der Waals surface area contributed by atoms with Gasteiger partial charge in [-0.05, 0) is 17.7 Å². The van der Waals surface area contributed by atoms with Gasteiger partial charge in [-0.1, -0.05) is 17.1 Å². The number of carbonyl (C=O) groups is 1. The number of methoxy groups -OCH3 is 1. The zero-order chi connectivity index (χ0) is 12.1. The van der Waals surface area contributed by atoms with E-state index in [1.165, 1.54) is 14.0 Å². The van der Waals surface area contributed by atoms with Crippen molar-refractivity contribution in [2.24, 2.45) is 0 Å². The van der Waals surface area contributed by atoms with Gasteiger partial charge in [0, 0.05) is 12.7 Å². The minimum atomic E-state index is -2.15. The van der Waals surface area contributed by atoms with Crippen LogP contribution in [0.15, 0.2) is 18.2 Å². The van der Waals surface area contributed by atoms with Crippen LogP contribution in [0.2, 0.25) is 0 Å². The van der Waals surface area contributed by atoms with E-state index in [1.807, 2.05) is 0 Å². The van der Waals surface area contributed by atoms with Crippen molar-refractivity contribution >= 4 is 22.7 Å². The zero-order valence-electron chi connectivity index (χ0n) is 8.98. The molecule has 1 aromatic carbocycles. The predicted molar refractivity (Wildman–Crippen MR) is 59.9 cm³/mol. The van der Waals surface area contributed by atoms with Crippen LogP contribution in [-0.4, -0.2) is 21.8 Å². The number of hydrogen-bond acceptors (Lipinski definition) is 4. The number of amides is 1.